The molecule has 0 spiro atoms. The van der Waals surface area contributed by atoms with Gasteiger partial charge >= 0.3 is 5.97 Å². The Bertz CT molecular complexity index is 491. The van der Waals surface area contributed by atoms with Crippen LogP contribution in [0.4, 0.5) is 0 Å². The van der Waals surface area contributed by atoms with Crippen molar-refractivity contribution in [2.24, 2.45) is 0 Å². The number of allylic oxidation sites excluding steroid dienone is 1. The van der Waals surface area contributed by atoms with Crippen LogP contribution < -0.4 is 4.74 Å². The van der Waals surface area contributed by atoms with E-state index in [-0.39, 0.29) is 12.3 Å². The van der Waals surface area contributed by atoms with Crippen LogP contribution in [-0.2, 0) is 4.79 Å². The third-order valence-electron chi connectivity index (χ3n) is 2.80. The SMILES string of the molecule is C=CCCCOc1ccc([C@@H](C#CC)CC(=O)O)cc1. The molecule has 0 radical (unpaired) electrons. The van der Waals surface area contributed by atoms with Gasteiger partial charge in [0.05, 0.1) is 18.9 Å². The van der Waals surface area contributed by atoms with Crippen LogP contribution in [0.1, 0.15) is 37.7 Å². The smallest absolute Gasteiger partial charge is 0.304 e. The predicted octanol–water partition coefficient (Wildman–Crippen LogP) is 3.61. The summed E-state index contributed by atoms with van der Waals surface area (Å²) in [7, 11) is 0. The minimum Gasteiger partial charge on any atom is -0.494 e. The summed E-state index contributed by atoms with van der Waals surface area (Å²) in [4.78, 5) is 10.8. The highest BCUT2D eigenvalue weighted by Crippen LogP contribution is 2.22. The molecule has 1 rings (SSSR count). The highest BCUT2D eigenvalue weighted by Gasteiger charge is 2.12. The van der Waals surface area contributed by atoms with Crippen LogP contribution in [0.25, 0.3) is 0 Å². The molecule has 0 fully saturated rings. The molecule has 0 heterocycles. The van der Waals surface area contributed by atoms with Crippen LogP contribution in [-0.4, -0.2) is 17.7 Å². The summed E-state index contributed by atoms with van der Waals surface area (Å²) < 4.78 is 5.58. The molecule has 0 unspecified atom stereocenters. The fourth-order valence-electron chi connectivity index (χ4n) is 1.82. The Morgan fingerprint density at radius 1 is 1.45 bits per heavy atom. The molecule has 1 aromatic carbocycles. The second-order valence-electron chi connectivity index (χ2n) is 4.39. The zero-order chi connectivity index (χ0) is 14.8. The number of hydrogen-bond acceptors (Lipinski definition) is 2. The van der Waals surface area contributed by atoms with E-state index >= 15 is 0 Å². The molecule has 0 saturated carbocycles. The average molecular weight is 272 g/mol. The maximum absolute atomic E-state index is 10.8. The Morgan fingerprint density at radius 2 is 2.15 bits per heavy atom. The van der Waals surface area contributed by atoms with Gasteiger partial charge in [-0.25, -0.2) is 0 Å². The number of unbranched alkanes of at least 4 members (excludes halogenated alkanes) is 1. The lowest BCUT2D eigenvalue weighted by Crippen LogP contribution is -2.04. The lowest BCUT2D eigenvalue weighted by Gasteiger charge is -2.10. The van der Waals surface area contributed by atoms with Gasteiger partial charge in [-0.15, -0.1) is 12.5 Å². The van der Waals surface area contributed by atoms with Crippen molar-refractivity contribution in [2.45, 2.75) is 32.1 Å². The van der Waals surface area contributed by atoms with Gasteiger partial charge in [0.15, 0.2) is 0 Å². The van der Waals surface area contributed by atoms with Gasteiger partial charge in [-0.1, -0.05) is 24.1 Å². The topological polar surface area (TPSA) is 46.5 Å². The Labute approximate surface area is 120 Å². The lowest BCUT2D eigenvalue weighted by atomic mass is 9.96. The van der Waals surface area contributed by atoms with Crippen molar-refractivity contribution in [3.63, 3.8) is 0 Å². The van der Waals surface area contributed by atoms with Crippen molar-refractivity contribution in [3.8, 4) is 17.6 Å². The lowest BCUT2D eigenvalue weighted by molar-refractivity contribution is -0.137. The van der Waals surface area contributed by atoms with Crippen molar-refractivity contribution in [1.29, 1.82) is 0 Å². The molecule has 0 bridgehead atoms. The van der Waals surface area contributed by atoms with Crippen LogP contribution in [0.2, 0.25) is 0 Å². The summed E-state index contributed by atoms with van der Waals surface area (Å²) in [6.45, 7) is 6.03. The van der Waals surface area contributed by atoms with Gasteiger partial charge in [0.25, 0.3) is 0 Å². The van der Waals surface area contributed by atoms with Crippen LogP contribution in [0.15, 0.2) is 36.9 Å². The van der Waals surface area contributed by atoms with E-state index in [0.29, 0.717) is 6.61 Å². The molecule has 0 aliphatic heterocycles. The van der Waals surface area contributed by atoms with E-state index in [2.05, 4.69) is 18.4 Å². The number of benzene rings is 1. The highest BCUT2D eigenvalue weighted by molar-refractivity contribution is 5.69. The average Bonchev–Trinajstić information content (AvgIpc) is 2.43. The zero-order valence-electron chi connectivity index (χ0n) is 11.8. The number of aliphatic carboxylic acids is 1. The van der Waals surface area contributed by atoms with E-state index in [0.717, 1.165) is 24.2 Å². The first kappa shape index (κ1) is 15.8. The van der Waals surface area contributed by atoms with Gasteiger partial charge in [-0.3, -0.25) is 4.79 Å². The molecule has 106 valence electrons. The maximum Gasteiger partial charge on any atom is 0.304 e. The van der Waals surface area contributed by atoms with Crippen molar-refractivity contribution in [3.05, 3.63) is 42.5 Å². The van der Waals surface area contributed by atoms with Crippen LogP contribution >= 0.6 is 0 Å². The third kappa shape index (κ3) is 5.62. The highest BCUT2D eigenvalue weighted by atomic mass is 16.5. The van der Waals surface area contributed by atoms with E-state index in [1.54, 1.807) is 6.92 Å². The van der Waals surface area contributed by atoms with Gasteiger partial charge in [0, 0.05) is 0 Å². The number of rotatable bonds is 8. The summed E-state index contributed by atoms with van der Waals surface area (Å²) in [5.74, 6) is 5.38. The Balaban J connectivity index is 2.64. The van der Waals surface area contributed by atoms with E-state index in [4.69, 9.17) is 9.84 Å². The summed E-state index contributed by atoms with van der Waals surface area (Å²) in [5, 5.41) is 8.89. The van der Waals surface area contributed by atoms with Gasteiger partial charge in [0.2, 0.25) is 0 Å². The second-order valence-corrected chi connectivity index (χ2v) is 4.39. The van der Waals surface area contributed by atoms with Crippen LogP contribution in [0, 0.1) is 11.8 Å². The zero-order valence-corrected chi connectivity index (χ0v) is 11.8. The molecule has 3 nitrogen and oxygen atoms in total. The van der Waals surface area contributed by atoms with Crippen molar-refractivity contribution in [1.82, 2.24) is 0 Å². The van der Waals surface area contributed by atoms with E-state index in [1.807, 2.05) is 30.3 Å². The molecule has 20 heavy (non-hydrogen) atoms. The summed E-state index contributed by atoms with van der Waals surface area (Å²) >= 11 is 0. The molecular formula is C17H20O3. The van der Waals surface area contributed by atoms with Gasteiger partial charge in [-0.05, 0) is 37.5 Å². The van der Waals surface area contributed by atoms with E-state index < -0.39 is 5.97 Å². The predicted molar refractivity (Wildman–Crippen MR) is 79.8 cm³/mol. The molecule has 1 atom stereocenters. The van der Waals surface area contributed by atoms with Crippen LogP contribution in [0.5, 0.6) is 5.75 Å². The first-order chi connectivity index (χ1) is 9.67. The monoisotopic (exact) mass is 272 g/mol. The molecular weight excluding hydrogens is 252 g/mol. The molecule has 0 aromatic heterocycles. The number of carbonyl (C=O) groups is 1. The van der Waals surface area contributed by atoms with E-state index in [9.17, 15) is 4.79 Å². The molecule has 0 amide bonds. The minimum atomic E-state index is -0.845. The number of ether oxygens (including phenoxy) is 1. The Hall–Kier alpha value is -2.21. The molecule has 0 saturated heterocycles. The Kier molecular flexibility index (Phi) is 6.99. The number of carboxylic acid groups (broad SMARTS) is 1. The number of hydrogen-bond donors (Lipinski definition) is 1. The first-order valence-electron chi connectivity index (χ1n) is 6.65. The van der Waals surface area contributed by atoms with Gasteiger partial charge in [0.1, 0.15) is 5.75 Å². The molecule has 1 aromatic rings. The standard InChI is InChI=1S/C17H20O3/c1-3-5-6-12-20-16-10-8-14(9-11-16)15(7-4-2)13-17(18)19/h3,8-11,15H,1,5-6,12-13H2,2H3,(H,18,19)/t15-/m0/s1. The summed E-state index contributed by atoms with van der Waals surface area (Å²) in [6, 6.07) is 7.46. The fourth-order valence-corrected chi connectivity index (χ4v) is 1.82. The molecule has 1 N–H and O–H groups in total. The van der Waals surface area contributed by atoms with Crippen molar-refractivity contribution in [2.75, 3.05) is 6.61 Å². The first-order valence-corrected chi connectivity index (χ1v) is 6.65. The molecule has 0 aliphatic carbocycles. The normalized spacial score (nSPS) is 11.1. The minimum absolute atomic E-state index is 0.0143. The van der Waals surface area contributed by atoms with Crippen molar-refractivity contribution < 1.29 is 14.6 Å². The van der Waals surface area contributed by atoms with Gasteiger partial charge < -0.3 is 9.84 Å². The van der Waals surface area contributed by atoms with Crippen molar-refractivity contribution >= 4 is 5.97 Å². The summed E-state index contributed by atoms with van der Waals surface area (Å²) in [6.07, 6.45) is 3.76. The van der Waals surface area contributed by atoms with Gasteiger partial charge in [-0.2, -0.15) is 0 Å². The van der Waals surface area contributed by atoms with E-state index in [1.165, 1.54) is 0 Å². The quantitative estimate of drug-likeness (QED) is 0.446. The maximum atomic E-state index is 10.8. The molecule has 0 aliphatic rings. The largest absolute Gasteiger partial charge is 0.494 e. The Morgan fingerprint density at radius 3 is 2.70 bits per heavy atom. The second kappa shape index (κ2) is 8.82. The molecule has 3 heteroatoms. The summed E-state index contributed by atoms with van der Waals surface area (Å²) in [5.41, 5.74) is 0.903. The third-order valence-corrected chi connectivity index (χ3v) is 2.80. The van der Waals surface area contributed by atoms with Crippen LogP contribution in [0.3, 0.4) is 0 Å². The fraction of sp³-hybridized carbons (Fsp3) is 0.353. The number of carboxylic acids is 1.